The van der Waals surface area contributed by atoms with Gasteiger partial charge in [0.1, 0.15) is 12.9 Å². The van der Waals surface area contributed by atoms with Gasteiger partial charge in [0.2, 0.25) is 0 Å². The van der Waals surface area contributed by atoms with Crippen molar-refractivity contribution in [1.82, 2.24) is 0 Å². The minimum Gasteiger partial charge on any atom is -0.238 e. The van der Waals surface area contributed by atoms with Gasteiger partial charge in [-0.25, -0.2) is 4.52 Å². The first kappa shape index (κ1) is 9.89. The maximum absolute atomic E-state index is 10.5. The molecule has 0 saturated carbocycles. The summed E-state index contributed by atoms with van der Waals surface area (Å²) in [5.41, 5.74) is 0. The van der Waals surface area contributed by atoms with Crippen molar-refractivity contribution in [2.45, 2.75) is 12.3 Å². The van der Waals surface area contributed by atoms with Gasteiger partial charge in [0.25, 0.3) is 0 Å². The van der Waals surface area contributed by atoms with Crippen molar-refractivity contribution in [3.63, 3.8) is 0 Å². The Balaban J connectivity index is 3.30. The molecule has 3 nitrogen and oxygen atoms in total. The fourth-order valence-electron chi connectivity index (χ4n) is 0.255. The Labute approximate surface area is 65.9 Å². The van der Waals surface area contributed by atoms with E-state index in [4.69, 9.17) is 11.6 Å². The molecule has 0 amide bonds. The van der Waals surface area contributed by atoms with Gasteiger partial charge in [0.15, 0.2) is 0 Å². The maximum atomic E-state index is 10.5. The lowest BCUT2D eigenvalue weighted by atomic mass is 10.5. The molecule has 0 aromatic heterocycles. The van der Waals surface area contributed by atoms with E-state index in [1.807, 2.05) is 0 Å². The molecular formula is C5H9ClO3P+. The van der Waals surface area contributed by atoms with Crippen molar-refractivity contribution in [3.05, 3.63) is 12.8 Å². The van der Waals surface area contributed by atoms with Gasteiger partial charge in [-0.2, -0.15) is 0 Å². The summed E-state index contributed by atoms with van der Waals surface area (Å²) < 4.78 is 19.5. The lowest BCUT2D eigenvalue weighted by Crippen LogP contribution is -1.99. The zero-order valence-corrected chi connectivity index (χ0v) is 7.27. The van der Waals surface area contributed by atoms with Gasteiger partial charge in [0, 0.05) is 4.57 Å². The Morgan fingerprint density at radius 2 is 2.50 bits per heavy atom. The van der Waals surface area contributed by atoms with Crippen LogP contribution in [-0.2, 0) is 13.6 Å². The van der Waals surface area contributed by atoms with E-state index in [1.54, 1.807) is 6.92 Å². The SMILES string of the molecule is C=CO[P+](=O)OCC(C)Cl. The molecular weight excluding hydrogens is 174 g/mol. The third-order valence-electron chi connectivity index (χ3n) is 0.570. The molecule has 0 saturated heterocycles. The van der Waals surface area contributed by atoms with Gasteiger partial charge in [-0.1, -0.05) is 6.58 Å². The summed E-state index contributed by atoms with van der Waals surface area (Å²) in [5.74, 6) is 0. The highest BCUT2D eigenvalue weighted by molar-refractivity contribution is 7.33. The van der Waals surface area contributed by atoms with Crippen LogP contribution in [0.15, 0.2) is 12.8 Å². The molecule has 2 unspecified atom stereocenters. The maximum Gasteiger partial charge on any atom is 0.749 e. The van der Waals surface area contributed by atoms with Crippen molar-refractivity contribution in [2.24, 2.45) is 0 Å². The second-order valence-corrected chi connectivity index (χ2v) is 3.23. The molecule has 0 N–H and O–H groups in total. The molecule has 0 bridgehead atoms. The van der Waals surface area contributed by atoms with Crippen molar-refractivity contribution < 1.29 is 13.6 Å². The van der Waals surface area contributed by atoms with E-state index in [-0.39, 0.29) is 12.0 Å². The standard InChI is InChI=1S/C5H9ClO3P/c1-3-8-10(7)9-4-5(2)6/h3,5H,1,4H2,2H3/q+1. The van der Waals surface area contributed by atoms with E-state index >= 15 is 0 Å². The summed E-state index contributed by atoms with van der Waals surface area (Å²) in [7, 11) is -2.07. The topological polar surface area (TPSA) is 35.5 Å². The van der Waals surface area contributed by atoms with Crippen LogP contribution in [0.4, 0.5) is 0 Å². The summed E-state index contributed by atoms with van der Waals surface area (Å²) in [5, 5.41) is -0.160. The van der Waals surface area contributed by atoms with Gasteiger partial charge < -0.3 is 0 Å². The third kappa shape index (κ3) is 6.02. The molecule has 0 aromatic carbocycles. The monoisotopic (exact) mass is 183 g/mol. The van der Waals surface area contributed by atoms with Gasteiger partial charge in [-0.3, -0.25) is 0 Å². The molecule has 5 heteroatoms. The molecule has 58 valence electrons. The first-order chi connectivity index (χ1) is 4.66. The summed E-state index contributed by atoms with van der Waals surface area (Å²) in [6.45, 7) is 5.16. The van der Waals surface area contributed by atoms with Crippen LogP contribution >= 0.6 is 19.9 Å². The van der Waals surface area contributed by atoms with Crippen molar-refractivity contribution in [1.29, 1.82) is 0 Å². The lowest BCUT2D eigenvalue weighted by Gasteiger charge is -1.91. The quantitative estimate of drug-likeness (QED) is 0.373. The van der Waals surface area contributed by atoms with Crippen molar-refractivity contribution >= 4 is 19.9 Å². The number of hydrogen-bond donors (Lipinski definition) is 0. The molecule has 0 aliphatic rings. The predicted molar refractivity (Wildman–Crippen MR) is 40.2 cm³/mol. The Hall–Kier alpha value is -0.110. The first-order valence-corrected chi connectivity index (χ1v) is 4.22. The molecule has 0 heterocycles. The molecule has 10 heavy (non-hydrogen) atoms. The van der Waals surface area contributed by atoms with E-state index in [2.05, 4.69) is 15.6 Å². The summed E-state index contributed by atoms with van der Waals surface area (Å²) >= 11 is 5.49. The molecule has 0 rings (SSSR count). The zero-order chi connectivity index (χ0) is 7.98. The largest absolute Gasteiger partial charge is 0.749 e. The normalized spacial score (nSPS) is 14.0. The number of halogens is 1. The van der Waals surface area contributed by atoms with Gasteiger partial charge >= 0.3 is 8.25 Å². The van der Waals surface area contributed by atoms with Gasteiger partial charge in [-0.05, 0) is 6.92 Å². The van der Waals surface area contributed by atoms with E-state index < -0.39 is 8.25 Å². The fourth-order valence-corrected chi connectivity index (χ4v) is 0.934. The molecule has 0 aliphatic carbocycles. The van der Waals surface area contributed by atoms with E-state index in [9.17, 15) is 4.57 Å². The minimum atomic E-state index is -2.07. The second kappa shape index (κ2) is 5.66. The van der Waals surface area contributed by atoms with Crippen molar-refractivity contribution in [2.75, 3.05) is 6.61 Å². The van der Waals surface area contributed by atoms with Crippen LogP contribution in [0, 0.1) is 0 Å². The fraction of sp³-hybridized carbons (Fsp3) is 0.600. The average molecular weight is 184 g/mol. The van der Waals surface area contributed by atoms with Crippen molar-refractivity contribution in [3.8, 4) is 0 Å². The van der Waals surface area contributed by atoms with E-state index in [0.29, 0.717) is 0 Å². The van der Waals surface area contributed by atoms with Crippen LogP contribution in [0.3, 0.4) is 0 Å². The Bertz CT molecular complexity index is 126. The molecule has 0 aliphatic heterocycles. The highest BCUT2D eigenvalue weighted by atomic mass is 35.5. The Morgan fingerprint density at radius 3 is 2.90 bits per heavy atom. The minimum absolute atomic E-state index is 0.160. The molecule has 0 spiro atoms. The predicted octanol–water partition coefficient (Wildman–Crippen LogP) is 2.45. The zero-order valence-electron chi connectivity index (χ0n) is 5.62. The molecule has 0 radical (unpaired) electrons. The summed E-state index contributed by atoms with van der Waals surface area (Å²) in [6.07, 6.45) is 1.07. The smallest absolute Gasteiger partial charge is 0.238 e. The number of rotatable bonds is 5. The van der Waals surface area contributed by atoms with Crippen LogP contribution in [0.2, 0.25) is 0 Å². The van der Waals surface area contributed by atoms with Crippen LogP contribution in [0.5, 0.6) is 0 Å². The Morgan fingerprint density at radius 1 is 1.90 bits per heavy atom. The third-order valence-corrected chi connectivity index (χ3v) is 1.38. The molecule has 0 aromatic rings. The number of alkyl halides is 1. The van der Waals surface area contributed by atoms with Crippen LogP contribution in [0.25, 0.3) is 0 Å². The van der Waals surface area contributed by atoms with Crippen LogP contribution in [-0.4, -0.2) is 12.0 Å². The summed E-state index contributed by atoms with van der Waals surface area (Å²) in [4.78, 5) is 0. The van der Waals surface area contributed by atoms with Gasteiger partial charge in [0.05, 0.1) is 5.38 Å². The lowest BCUT2D eigenvalue weighted by molar-refractivity contribution is 0.274. The van der Waals surface area contributed by atoms with Crippen LogP contribution in [0.1, 0.15) is 6.92 Å². The molecule has 0 fully saturated rings. The highest BCUT2D eigenvalue weighted by Gasteiger charge is 2.19. The Kier molecular flexibility index (Phi) is 5.60. The van der Waals surface area contributed by atoms with E-state index in [0.717, 1.165) is 6.26 Å². The van der Waals surface area contributed by atoms with E-state index in [1.165, 1.54) is 0 Å². The van der Waals surface area contributed by atoms with Gasteiger partial charge in [-0.15, -0.1) is 16.1 Å². The molecule has 2 atom stereocenters. The summed E-state index contributed by atoms with van der Waals surface area (Å²) in [6, 6.07) is 0. The first-order valence-electron chi connectivity index (χ1n) is 2.68. The number of hydrogen-bond acceptors (Lipinski definition) is 3. The highest BCUT2D eigenvalue weighted by Crippen LogP contribution is 2.24. The van der Waals surface area contributed by atoms with Crippen LogP contribution < -0.4 is 0 Å². The second-order valence-electron chi connectivity index (χ2n) is 1.57. The average Bonchev–Trinajstić information content (AvgIpc) is 1.85.